The Kier molecular flexibility index (Phi) is 6.13. The second-order valence-electron chi connectivity index (χ2n) is 4.86. The van der Waals surface area contributed by atoms with Crippen LogP contribution in [0.4, 0.5) is 4.39 Å². The van der Waals surface area contributed by atoms with Gasteiger partial charge < -0.3 is 10.1 Å². The summed E-state index contributed by atoms with van der Waals surface area (Å²) in [6.07, 6.45) is 1.13. The Hall–Kier alpha value is -1.09. The summed E-state index contributed by atoms with van der Waals surface area (Å²) in [6.45, 7) is 8.41. The number of ether oxygens (including phenoxy) is 1. The quantitative estimate of drug-likeness (QED) is 0.750. The number of hydrogen-bond donors (Lipinski definition) is 1. The van der Waals surface area contributed by atoms with Crippen molar-refractivity contribution < 1.29 is 9.13 Å². The molecule has 0 fully saturated rings. The fourth-order valence-electron chi connectivity index (χ4n) is 2.05. The molecule has 1 N–H and O–H groups in total. The molecular formula is C15H24FNO. The Morgan fingerprint density at radius 1 is 1.33 bits per heavy atom. The Balaban J connectivity index is 2.75. The fraction of sp³-hybridized carbons (Fsp3) is 0.600. The van der Waals surface area contributed by atoms with E-state index in [4.69, 9.17) is 4.74 Å². The van der Waals surface area contributed by atoms with E-state index in [1.54, 1.807) is 19.2 Å². The molecule has 0 saturated carbocycles. The van der Waals surface area contributed by atoms with Crippen LogP contribution in [0.1, 0.15) is 38.7 Å². The van der Waals surface area contributed by atoms with Crippen LogP contribution in [0.3, 0.4) is 0 Å². The molecule has 0 saturated heterocycles. The lowest BCUT2D eigenvalue weighted by atomic mass is 9.88. The first-order valence-electron chi connectivity index (χ1n) is 6.64. The van der Waals surface area contributed by atoms with Crippen molar-refractivity contribution in [3.05, 3.63) is 29.6 Å². The zero-order chi connectivity index (χ0) is 13.5. The Bertz CT molecular complexity index is 368. The van der Waals surface area contributed by atoms with Crippen LogP contribution in [0, 0.1) is 11.7 Å². The zero-order valence-corrected chi connectivity index (χ0v) is 11.8. The van der Waals surface area contributed by atoms with E-state index in [0.29, 0.717) is 5.92 Å². The van der Waals surface area contributed by atoms with Crippen LogP contribution in [-0.2, 0) is 0 Å². The Morgan fingerprint density at radius 2 is 2.06 bits per heavy atom. The third kappa shape index (κ3) is 3.98. The smallest absolute Gasteiger partial charge is 0.123 e. The second-order valence-corrected chi connectivity index (χ2v) is 4.86. The molecule has 0 amide bonds. The van der Waals surface area contributed by atoms with Crippen molar-refractivity contribution in [2.24, 2.45) is 5.92 Å². The Labute approximate surface area is 110 Å². The molecule has 2 unspecified atom stereocenters. The van der Waals surface area contributed by atoms with E-state index in [0.717, 1.165) is 30.8 Å². The highest BCUT2D eigenvalue weighted by Crippen LogP contribution is 2.31. The van der Waals surface area contributed by atoms with Crippen molar-refractivity contribution in [2.75, 3.05) is 20.2 Å². The lowest BCUT2D eigenvalue weighted by molar-refractivity contribution is 0.387. The number of halogens is 1. The summed E-state index contributed by atoms with van der Waals surface area (Å²) >= 11 is 0. The van der Waals surface area contributed by atoms with Crippen molar-refractivity contribution in [1.82, 2.24) is 5.32 Å². The predicted molar refractivity (Wildman–Crippen MR) is 73.7 cm³/mol. The molecule has 0 aromatic heterocycles. The first-order chi connectivity index (χ1) is 8.60. The molecule has 0 aliphatic carbocycles. The van der Waals surface area contributed by atoms with Crippen LogP contribution in [0.5, 0.6) is 5.75 Å². The first-order valence-corrected chi connectivity index (χ1v) is 6.64. The van der Waals surface area contributed by atoms with Gasteiger partial charge in [-0.25, -0.2) is 4.39 Å². The van der Waals surface area contributed by atoms with Gasteiger partial charge in [0.25, 0.3) is 0 Å². The minimum absolute atomic E-state index is 0.202. The van der Waals surface area contributed by atoms with Gasteiger partial charge >= 0.3 is 0 Å². The average Bonchev–Trinajstić information content (AvgIpc) is 2.38. The third-order valence-electron chi connectivity index (χ3n) is 3.43. The van der Waals surface area contributed by atoms with Gasteiger partial charge in [0.2, 0.25) is 0 Å². The summed E-state index contributed by atoms with van der Waals surface area (Å²) < 4.78 is 18.7. The van der Waals surface area contributed by atoms with Crippen LogP contribution in [0.2, 0.25) is 0 Å². The van der Waals surface area contributed by atoms with Gasteiger partial charge in [-0.15, -0.1) is 0 Å². The first kappa shape index (κ1) is 15.0. The molecule has 2 nitrogen and oxygen atoms in total. The maximum absolute atomic E-state index is 13.3. The van der Waals surface area contributed by atoms with Gasteiger partial charge in [-0.1, -0.05) is 20.8 Å². The van der Waals surface area contributed by atoms with E-state index in [2.05, 4.69) is 26.1 Å². The van der Waals surface area contributed by atoms with Crippen molar-refractivity contribution in [2.45, 2.75) is 33.1 Å². The van der Waals surface area contributed by atoms with Crippen LogP contribution in [-0.4, -0.2) is 20.2 Å². The molecule has 0 radical (unpaired) electrons. The van der Waals surface area contributed by atoms with E-state index in [-0.39, 0.29) is 11.7 Å². The monoisotopic (exact) mass is 253 g/mol. The minimum atomic E-state index is -0.202. The highest BCUT2D eigenvalue weighted by Gasteiger charge is 2.18. The molecule has 1 aromatic rings. The normalized spacial score (nSPS) is 14.3. The van der Waals surface area contributed by atoms with E-state index < -0.39 is 0 Å². The summed E-state index contributed by atoms with van der Waals surface area (Å²) in [4.78, 5) is 0. The number of benzene rings is 1. The van der Waals surface area contributed by atoms with Gasteiger partial charge in [-0.3, -0.25) is 0 Å². The molecule has 1 aromatic carbocycles. The maximum Gasteiger partial charge on any atom is 0.123 e. The molecule has 0 bridgehead atoms. The molecule has 2 atom stereocenters. The summed E-state index contributed by atoms with van der Waals surface area (Å²) in [7, 11) is 1.63. The van der Waals surface area contributed by atoms with E-state index >= 15 is 0 Å². The molecule has 0 spiro atoms. The standard InChI is InChI=1S/C15H24FNO/c1-5-8-17-10-11(2)12(3)14-9-13(16)6-7-15(14)18-4/h6-7,9,11-12,17H,5,8,10H2,1-4H3. The van der Waals surface area contributed by atoms with Gasteiger partial charge in [0.05, 0.1) is 7.11 Å². The molecular weight excluding hydrogens is 229 g/mol. The van der Waals surface area contributed by atoms with Crippen LogP contribution in [0.15, 0.2) is 18.2 Å². The van der Waals surface area contributed by atoms with E-state index in [1.165, 1.54) is 6.07 Å². The second kappa shape index (κ2) is 7.37. The Morgan fingerprint density at radius 3 is 2.67 bits per heavy atom. The molecule has 1 rings (SSSR count). The number of hydrogen-bond acceptors (Lipinski definition) is 2. The van der Waals surface area contributed by atoms with Crippen molar-refractivity contribution in [3.63, 3.8) is 0 Å². The predicted octanol–water partition coefficient (Wildman–Crippen LogP) is 3.57. The molecule has 0 aliphatic rings. The summed E-state index contributed by atoms with van der Waals surface area (Å²) in [5.74, 6) is 1.27. The SMILES string of the molecule is CCCNCC(C)C(C)c1cc(F)ccc1OC. The zero-order valence-electron chi connectivity index (χ0n) is 11.8. The molecule has 0 heterocycles. The number of methoxy groups -OCH3 is 1. The van der Waals surface area contributed by atoms with Gasteiger partial charge in [0.1, 0.15) is 11.6 Å². The summed E-state index contributed by atoms with van der Waals surface area (Å²) in [6, 6.07) is 4.72. The van der Waals surface area contributed by atoms with Crippen molar-refractivity contribution in [1.29, 1.82) is 0 Å². The van der Waals surface area contributed by atoms with Crippen molar-refractivity contribution in [3.8, 4) is 5.75 Å². The molecule has 3 heteroatoms. The third-order valence-corrected chi connectivity index (χ3v) is 3.43. The van der Waals surface area contributed by atoms with Gasteiger partial charge in [0, 0.05) is 5.56 Å². The van der Waals surface area contributed by atoms with Gasteiger partial charge in [-0.2, -0.15) is 0 Å². The lowest BCUT2D eigenvalue weighted by Crippen LogP contribution is -2.25. The lowest BCUT2D eigenvalue weighted by Gasteiger charge is -2.22. The van der Waals surface area contributed by atoms with Gasteiger partial charge in [-0.05, 0) is 49.5 Å². The maximum atomic E-state index is 13.3. The van der Waals surface area contributed by atoms with E-state index in [9.17, 15) is 4.39 Å². The molecule has 0 aliphatic heterocycles. The van der Waals surface area contributed by atoms with Crippen molar-refractivity contribution >= 4 is 0 Å². The fourth-order valence-corrected chi connectivity index (χ4v) is 2.05. The average molecular weight is 253 g/mol. The minimum Gasteiger partial charge on any atom is -0.496 e. The van der Waals surface area contributed by atoms with E-state index in [1.807, 2.05) is 0 Å². The molecule has 18 heavy (non-hydrogen) atoms. The largest absolute Gasteiger partial charge is 0.496 e. The molecule has 102 valence electrons. The van der Waals surface area contributed by atoms with Gasteiger partial charge in [0.15, 0.2) is 0 Å². The summed E-state index contributed by atoms with van der Waals surface area (Å²) in [5.41, 5.74) is 0.947. The highest BCUT2D eigenvalue weighted by molar-refractivity contribution is 5.36. The van der Waals surface area contributed by atoms with Crippen LogP contribution >= 0.6 is 0 Å². The summed E-state index contributed by atoms with van der Waals surface area (Å²) in [5, 5.41) is 3.40. The highest BCUT2D eigenvalue weighted by atomic mass is 19.1. The number of rotatable bonds is 7. The topological polar surface area (TPSA) is 21.3 Å². The van der Waals surface area contributed by atoms with Crippen LogP contribution < -0.4 is 10.1 Å². The number of nitrogens with one attached hydrogen (secondary N) is 1. The van der Waals surface area contributed by atoms with Crippen LogP contribution in [0.25, 0.3) is 0 Å².